The van der Waals surface area contributed by atoms with Crippen molar-refractivity contribution in [2.75, 3.05) is 31.9 Å². The van der Waals surface area contributed by atoms with Crippen LogP contribution in [0.4, 0.5) is 0 Å². The zero-order chi connectivity index (χ0) is 10.1. The maximum atomic E-state index is 4.98. The Labute approximate surface area is 98.1 Å². The van der Waals surface area contributed by atoms with Crippen LogP contribution in [0, 0.1) is 0 Å². The van der Waals surface area contributed by atoms with Crippen molar-refractivity contribution in [3.8, 4) is 0 Å². The highest BCUT2D eigenvalue weighted by molar-refractivity contribution is 8.38. The van der Waals surface area contributed by atoms with Gasteiger partial charge in [-0.2, -0.15) is 0 Å². The molecule has 0 aliphatic heterocycles. The Morgan fingerprint density at radius 1 is 1.23 bits per heavy atom. The number of nitrogens with one attached hydrogen (secondary N) is 1. The predicted octanol–water partition coefficient (Wildman–Crippen LogP) is 2.31. The topological polar surface area (TPSA) is 24.4 Å². The summed E-state index contributed by atoms with van der Waals surface area (Å²) in [5.74, 6) is 0. The number of hydrogen-bond donors (Lipinski definition) is 1. The summed E-state index contributed by atoms with van der Waals surface area (Å²) in [6.45, 7) is 1.61. The lowest BCUT2D eigenvalue weighted by Crippen LogP contribution is -2.21. The minimum Gasteiger partial charge on any atom is -0.369 e. The SMILES string of the molecule is CSC(=S)NCCN=C(SC)SC. The summed E-state index contributed by atoms with van der Waals surface area (Å²) in [6.07, 6.45) is 6.04. The van der Waals surface area contributed by atoms with Crippen LogP contribution in [0.2, 0.25) is 0 Å². The average molecular weight is 254 g/mol. The van der Waals surface area contributed by atoms with E-state index in [4.69, 9.17) is 12.2 Å². The average Bonchev–Trinajstić information content (AvgIpc) is 2.18. The molecule has 0 aromatic heterocycles. The van der Waals surface area contributed by atoms with Crippen molar-refractivity contribution < 1.29 is 0 Å². The summed E-state index contributed by atoms with van der Waals surface area (Å²) >= 11 is 9.90. The van der Waals surface area contributed by atoms with Crippen molar-refractivity contribution in [1.29, 1.82) is 0 Å². The molecule has 0 fully saturated rings. The molecule has 0 bridgehead atoms. The van der Waals surface area contributed by atoms with Gasteiger partial charge in [0, 0.05) is 6.54 Å². The van der Waals surface area contributed by atoms with E-state index < -0.39 is 0 Å². The van der Waals surface area contributed by atoms with Crippen LogP contribution < -0.4 is 5.32 Å². The fourth-order valence-electron chi connectivity index (χ4n) is 0.590. The maximum absolute atomic E-state index is 4.98. The first-order valence-corrected chi connectivity index (χ1v) is 7.77. The molecule has 1 N–H and O–H groups in total. The molecule has 0 saturated heterocycles. The first-order valence-electron chi connectivity index (χ1n) is 3.68. The highest BCUT2D eigenvalue weighted by atomic mass is 32.2. The van der Waals surface area contributed by atoms with Gasteiger partial charge in [0.2, 0.25) is 0 Å². The van der Waals surface area contributed by atoms with Crippen LogP contribution in [0.3, 0.4) is 0 Å². The fourth-order valence-corrected chi connectivity index (χ4v) is 2.05. The molecule has 0 aliphatic carbocycles. The summed E-state index contributed by atoms with van der Waals surface area (Å²) in [5.41, 5.74) is 0. The Morgan fingerprint density at radius 3 is 2.31 bits per heavy atom. The molecule has 0 aromatic rings. The second-order valence-electron chi connectivity index (χ2n) is 1.97. The molecular formula is C7H14N2S4. The van der Waals surface area contributed by atoms with Crippen LogP contribution in [-0.2, 0) is 0 Å². The van der Waals surface area contributed by atoms with Gasteiger partial charge < -0.3 is 5.32 Å². The molecule has 0 amide bonds. The third kappa shape index (κ3) is 7.66. The van der Waals surface area contributed by atoms with Gasteiger partial charge in [-0.3, -0.25) is 4.99 Å². The second kappa shape index (κ2) is 9.18. The van der Waals surface area contributed by atoms with Gasteiger partial charge in [-0.05, 0) is 18.8 Å². The fraction of sp³-hybridized carbons (Fsp3) is 0.714. The molecule has 0 aliphatic rings. The standard InChI is InChI=1S/C7H14N2S4/c1-11-6(10)8-4-5-9-7(12-2)13-3/h4-5H2,1-3H3,(H,8,10). The molecule has 0 spiro atoms. The van der Waals surface area contributed by atoms with E-state index in [0.29, 0.717) is 0 Å². The van der Waals surface area contributed by atoms with Gasteiger partial charge in [0.15, 0.2) is 0 Å². The van der Waals surface area contributed by atoms with Gasteiger partial charge in [-0.1, -0.05) is 12.2 Å². The summed E-state index contributed by atoms with van der Waals surface area (Å²) in [6, 6.07) is 0. The lowest BCUT2D eigenvalue weighted by molar-refractivity contribution is 0.897. The van der Waals surface area contributed by atoms with Gasteiger partial charge in [0.1, 0.15) is 8.70 Å². The number of rotatable bonds is 3. The summed E-state index contributed by atoms with van der Waals surface area (Å²) in [4.78, 5) is 4.38. The minimum atomic E-state index is 0.789. The Balaban J connectivity index is 3.53. The van der Waals surface area contributed by atoms with E-state index in [2.05, 4.69) is 10.3 Å². The van der Waals surface area contributed by atoms with Crippen molar-refractivity contribution in [3.05, 3.63) is 0 Å². The van der Waals surface area contributed by atoms with E-state index in [1.165, 1.54) is 0 Å². The van der Waals surface area contributed by atoms with Gasteiger partial charge in [-0.25, -0.2) is 0 Å². The molecule has 13 heavy (non-hydrogen) atoms. The van der Waals surface area contributed by atoms with E-state index in [-0.39, 0.29) is 0 Å². The Morgan fingerprint density at radius 2 is 1.85 bits per heavy atom. The quantitative estimate of drug-likeness (QED) is 0.361. The molecule has 0 heterocycles. The summed E-state index contributed by atoms with van der Waals surface area (Å²) in [7, 11) is 0. The van der Waals surface area contributed by atoms with Crippen LogP contribution in [0.1, 0.15) is 0 Å². The number of aliphatic imine (C=N–C) groups is 1. The molecule has 0 rings (SSSR count). The maximum Gasteiger partial charge on any atom is 0.133 e. The lowest BCUT2D eigenvalue weighted by Gasteiger charge is -2.03. The molecule has 6 heteroatoms. The predicted molar refractivity (Wildman–Crippen MR) is 73.4 cm³/mol. The first kappa shape index (κ1) is 13.6. The molecule has 0 unspecified atom stereocenters. The third-order valence-electron chi connectivity index (χ3n) is 1.16. The Hall–Kier alpha value is 0.610. The van der Waals surface area contributed by atoms with Crippen molar-refractivity contribution in [3.63, 3.8) is 0 Å². The number of thioether (sulfide) groups is 3. The van der Waals surface area contributed by atoms with Gasteiger partial charge in [0.05, 0.1) is 6.54 Å². The number of hydrogen-bond acceptors (Lipinski definition) is 5. The number of nitrogens with zero attached hydrogens (tertiary/aromatic N) is 1. The zero-order valence-corrected chi connectivity index (χ0v) is 11.3. The van der Waals surface area contributed by atoms with Crippen LogP contribution in [0.5, 0.6) is 0 Å². The molecule has 0 atom stereocenters. The van der Waals surface area contributed by atoms with Crippen molar-refractivity contribution in [2.24, 2.45) is 4.99 Å². The molecule has 0 radical (unpaired) electrons. The summed E-state index contributed by atoms with van der Waals surface area (Å²) in [5, 5.41) is 3.10. The monoisotopic (exact) mass is 254 g/mol. The molecular weight excluding hydrogens is 240 g/mol. The van der Waals surface area contributed by atoms with Crippen LogP contribution in [0.25, 0.3) is 0 Å². The first-order chi connectivity index (χ1) is 6.24. The van der Waals surface area contributed by atoms with E-state index in [9.17, 15) is 0 Å². The Kier molecular flexibility index (Phi) is 9.61. The Bertz CT molecular complexity index is 175. The second-order valence-corrected chi connectivity index (χ2v) is 5.31. The van der Waals surface area contributed by atoms with E-state index in [0.717, 1.165) is 21.8 Å². The van der Waals surface area contributed by atoms with Crippen LogP contribution in [0.15, 0.2) is 4.99 Å². The largest absolute Gasteiger partial charge is 0.369 e. The third-order valence-corrected chi connectivity index (χ3v) is 4.27. The van der Waals surface area contributed by atoms with Crippen molar-refractivity contribution in [2.45, 2.75) is 0 Å². The highest BCUT2D eigenvalue weighted by Gasteiger charge is 1.93. The van der Waals surface area contributed by atoms with E-state index in [1.807, 2.05) is 18.8 Å². The highest BCUT2D eigenvalue weighted by Crippen LogP contribution is 2.09. The van der Waals surface area contributed by atoms with Crippen LogP contribution in [-0.4, -0.2) is 40.6 Å². The number of thiocarbonyl (C=S) groups is 1. The minimum absolute atomic E-state index is 0.789. The van der Waals surface area contributed by atoms with E-state index >= 15 is 0 Å². The van der Waals surface area contributed by atoms with Crippen molar-refractivity contribution >= 4 is 56.2 Å². The molecule has 0 saturated carbocycles. The van der Waals surface area contributed by atoms with Gasteiger partial charge >= 0.3 is 0 Å². The normalized spacial score (nSPS) is 9.46. The molecule has 2 nitrogen and oxygen atoms in total. The summed E-state index contributed by atoms with van der Waals surface area (Å²) < 4.78 is 1.96. The smallest absolute Gasteiger partial charge is 0.133 e. The van der Waals surface area contributed by atoms with Crippen molar-refractivity contribution in [1.82, 2.24) is 5.32 Å². The molecule has 76 valence electrons. The van der Waals surface area contributed by atoms with E-state index in [1.54, 1.807) is 35.3 Å². The van der Waals surface area contributed by atoms with Crippen LogP contribution >= 0.6 is 47.5 Å². The zero-order valence-electron chi connectivity index (χ0n) is 7.99. The molecule has 0 aromatic carbocycles. The van der Waals surface area contributed by atoms with Gasteiger partial charge in [-0.15, -0.1) is 35.3 Å². The van der Waals surface area contributed by atoms with Gasteiger partial charge in [0.25, 0.3) is 0 Å². The lowest BCUT2D eigenvalue weighted by atomic mass is 10.6.